The highest BCUT2D eigenvalue weighted by Gasteiger charge is 2.37. The number of nitrogens with zero attached hydrogens (tertiary/aromatic N) is 1. The number of nitrogens with one attached hydrogen (secondary N) is 1. The van der Waals surface area contributed by atoms with Gasteiger partial charge in [-0.25, -0.2) is 0 Å². The number of para-hydroxylation sites is 1. The lowest BCUT2D eigenvalue weighted by molar-refractivity contribution is -0.119. The van der Waals surface area contributed by atoms with Gasteiger partial charge in [0.05, 0.1) is 6.54 Å². The van der Waals surface area contributed by atoms with E-state index in [1.54, 1.807) is 6.07 Å². The third-order valence-corrected chi connectivity index (χ3v) is 5.30. The van der Waals surface area contributed by atoms with Crippen LogP contribution in [0.4, 0.5) is 11.4 Å². The van der Waals surface area contributed by atoms with Crippen LogP contribution in [0.15, 0.2) is 53.8 Å². The van der Waals surface area contributed by atoms with Gasteiger partial charge < -0.3 is 15.3 Å². The summed E-state index contributed by atoms with van der Waals surface area (Å²) in [6.45, 7) is 10.2. The summed E-state index contributed by atoms with van der Waals surface area (Å²) >= 11 is 0. The number of aryl methyl sites for hydroxylation is 1. The van der Waals surface area contributed by atoms with E-state index in [0.717, 1.165) is 22.4 Å². The van der Waals surface area contributed by atoms with E-state index in [0.29, 0.717) is 11.6 Å². The van der Waals surface area contributed by atoms with Crippen LogP contribution < -0.4 is 10.2 Å². The molecule has 0 aromatic heterocycles. The lowest BCUT2D eigenvalue weighted by Crippen LogP contribution is -2.31. The average Bonchev–Trinajstić information content (AvgIpc) is 2.96. The van der Waals surface area contributed by atoms with Gasteiger partial charge >= 0.3 is 0 Å². The summed E-state index contributed by atoms with van der Waals surface area (Å²) < 4.78 is 0. The Balaban J connectivity index is 1.88. The van der Waals surface area contributed by atoms with Gasteiger partial charge in [0, 0.05) is 11.4 Å². The molecule has 0 saturated heterocycles. The summed E-state index contributed by atoms with van der Waals surface area (Å²) in [5, 5.41) is 13.3. The molecule has 0 radical (unpaired) electrons. The van der Waals surface area contributed by atoms with Crippen LogP contribution in [0.25, 0.3) is 0 Å². The Kier molecular flexibility index (Phi) is 5.78. The lowest BCUT2D eigenvalue weighted by atomic mass is 10.00. The molecule has 0 aliphatic carbocycles. The van der Waals surface area contributed by atoms with Crippen molar-refractivity contribution < 1.29 is 14.7 Å². The Labute approximate surface area is 172 Å². The summed E-state index contributed by atoms with van der Waals surface area (Å²) in [4.78, 5) is 27.4. The van der Waals surface area contributed by atoms with Gasteiger partial charge in [0.15, 0.2) is 0 Å². The zero-order valence-corrected chi connectivity index (χ0v) is 17.6. The van der Waals surface area contributed by atoms with Crippen LogP contribution in [0.1, 0.15) is 56.2 Å². The molecule has 2 amide bonds. The molecule has 0 spiro atoms. The second kappa shape index (κ2) is 8.11. The standard InChI is InChI=1S/C24H28N2O3/c1-14(2)17-11-10-16(5)20(12-17)26-13-21(27)22(24(26)29)23(28)25-19-9-7-6-8-18(19)15(3)4/h6-12,14-15,27H,13H2,1-5H3,(H,25,28). The minimum Gasteiger partial charge on any atom is -0.509 e. The van der Waals surface area contributed by atoms with Crippen molar-refractivity contribution >= 4 is 23.2 Å². The van der Waals surface area contributed by atoms with Gasteiger partial charge in [-0.1, -0.05) is 58.0 Å². The third kappa shape index (κ3) is 4.04. The second-order valence-corrected chi connectivity index (χ2v) is 8.11. The van der Waals surface area contributed by atoms with Crippen LogP contribution in [0.3, 0.4) is 0 Å². The number of anilines is 2. The monoisotopic (exact) mass is 392 g/mol. The zero-order chi connectivity index (χ0) is 21.3. The maximum Gasteiger partial charge on any atom is 0.267 e. The van der Waals surface area contributed by atoms with Crippen LogP contribution in [0.2, 0.25) is 0 Å². The summed E-state index contributed by atoms with van der Waals surface area (Å²) in [6.07, 6.45) is 0. The average molecular weight is 392 g/mol. The maximum absolute atomic E-state index is 13.0. The van der Waals surface area contributed by atoms with Crippen LogP contribution in [0.5, 0.6) is 0 Å². The van der Waals surface area contributed by atoms with Gasteiger partial charge in [0.25, 0.3) is 11.8 Å². The smallest absolute Gasteiger partial charge is 0.267 e. The number of aliphatic hydroxyl groups excluding tert-OH is 1. The van der Waals surface area contributed by atoms with Gasteiger partial charge in [0.1, 0.15) is 11.3 Å². The SMILES string of the molecule is Cc1ccc(C(C)C)cc1N1CC(O)=C(C(=O)Nc2ccccc2C(C)C)C1=O. The van der Waals surface area contributed by atoms with Crippen molar-refractivity contribution in [2.24, 2.45) is 0 Å². The van der Waals surface area contributed by atoms with Gasteiger partial charge in [0.2, 0.25) is 0 Å². The fourth-order valence-electron chi connectivity index (χ4n) is 3.56. The molecule has 0 fully saturated rings. The number of hydrogen-bond acceptors (Lipinski definition) is 3. The first-order valence-corrected chi connectivity index (χ1v) is 9.95. The van der Waals surface area contributed by atoms with Crippen molar-refractivity contribution in [1.82, 2.24) is 0 Å². The number of carbonyl (C=O) groups is 2. The highest BCUT2D eigenvalue weighted by Crippen LogP contribution is 2.31. The fraction of sp³-hybridized carbons (Fsp3) is 0.333. The van der Waals surface area contributed by atoms with E-state index in [9.17, 15) is 14.7 Å². The zero-order valence-electron chi connectivity index (χ0n) is 17.6. The maximum atomic E-state index is 13.0. The Morgan fingerprint density at radius 1 is 1.07 bits per heavy atom. The van der Waals surface area contributed by atoms with E-state index in [1.165, 1.54) is 4.90 Å². The van der Waals surface area contributed by atoms with E-state index in [4.69, 9.17) is 0 Å². The Bertz CT molecular complexity index is 989. The Morgan fingerprint density at radius 2 is 1.76 bits per heavy atom. The largest absolute Gasteiger partial charge is 0.509 e. The van der Waals surface area contributed by atoms with Crippen molar-refractivity contribution in [2.75, 3.05) is 16.8 Å². The highest BCUT2D eigenvalue weighted by atomic mass is 16.3. The first kappa shape index (κ1) is 20.6. The van der Waals surface area contributed by atoms with E-state index in [-0.39, 0.29) is 23.8 Å². The number of amides is 2. The second-order valence-electron chi connectivity index (χ2n) is 8.11. The molecule has 2 N–H and O–H groups in total. The number of rotatable bonds is 5. The molecule has 0 bridgehead atoms. The summed E-state index contributed by atoms with van der Waals surface area (Å²) in [7, 11) is 0. The molecule has 5 nitrogen and oxygen atoms in total. The van der Waals surface area contributed by atoms with E-state index in [2.05, 4.69) is 19.2 Å². The molecule has 29 heavy (non-hydrogen) atoms. The van der Waals surface area contributed by atoms with Crippen LogP contribution >= 0.6 is 0 Å². The van der Waals surface area contributed by atoms with E-state index < -0.39 is 11.8 Å². The number of carbonyl (C=O) groups excluding carboxylic acids is 2. The topological polar surface area (TPSA) is 69.6 Å². The van der Waals surface area contributed by atoms with Gasteiger partial charge in [-0.05, 0) is 47.6 Å². The first-order chi connectivity index (χ1) is 13.7. The summed E-state index contributed by atoms with van der Waals surface area (Å²) in [6, 6.07) is 13.4. The Hall–Kier alpha value is -3.08. The predicted octanol–water partition coefficient (Wildman–Crippen LogP) is 5.04. The molecule has 1 heterocycles. The van der Waals surface area contributed by atoms with Gasteiger partial charge in [-0.2, -0.15) is 0 Å². The molecule has 1 aliphatic heterocycles. The minimum absolute atomic E-state index is 0.00416. The first-order valence-electron chi connectivity index (χ1n) is 9.95. The minimum atomic E-state index is -0.583. The highest BCUT2D eigenvalue weighted by molar-refractivity contribution is 6.29. The molecule has 1 aliphatic rings. The van der Waals surface area contributed by atoms with Gasteiger partial charge in [-0.15, -0.1) is 0 Å². The number of aliphatic hydroxyl groups is 1. The van der Waals surface area contributed by atoms with Gasteiger partial charge in [-0.3, -0.25) is 9.59 Å². The molecule has 3 rings (SSSR count). The summed E-state index contributed by atoms with van der Waals surface area (Å²) in [5.41, 5.74) is 4.17. The molecule has 0 atom stereocenters. The van der Waals surface area contributed by atoms with E-state index in [1.807, 2.05) is 57.2 Å². The number of hydrogen-bond donors (Lipinski definition) is 2. The molecule has 2 aromatic rings. The normalized spacial score (nSPS) is 14.3. The summed E-state index contributed by atoms with van der Waals surface area (Å²) in [5.74, 6) is -0.745. The molecule has 2 aromatic carbocycles. The lowest BCUT2D eigenvalue weighted by Gasteiger charge is -2.21. The van der Waals surface area contributed by atoms with Crippen LogP contribution in [-0.2, 0) is 9.59 Å². The van der Waals surface area contributed by atoms with Crippen molar-refractivity contribution in [1.29, 1.82) is 0 Å². The van der Waals surface area contributed by atoms with Crippen molar-refractivity contribution in [2.45, 2.75) is 46.5 Å². The fourth-order valence-corrected chi connectivity index (χ4v) is 3.56. The van der Waals surface area contributed by atoms with Crippen LogP contribution in [0, 0.1) is 6.92 Å². The molecule has 5 heteroatoms. The Morgan fingerprint density at radius 3 is 2.41 bits per heavy atom. The molecular formula is C24H28N2O3. The predicted molar refractivity (Wildman–Crippen MR) is 116 cm³/mol. The quantitative estimate of drug-likeness (QED) is 0.701. The number of benzene rings is 2. The van der Waals surface area contributed by atoms with Crippen molar-refractivity contribution in [3.05, 3.63) is 70.5 Å². The van der Waals surface area contributed by atoms with Crippen molar-refractivity contribution in [3.8, 4) is 0 Å². The third-order valence-electron chi connectivity index (χ3n) is 5.30. The van der Waals surface area contributed by atoms with E-state index >= 15 is 0 Å². The molecular weight excluding hydrogens is 364 g/mol. The van der Waals surface area contributed by atoms with Crippen molar-refractivity contribution in [3.63, 3.8) is 0 Å². The molecule has 152 valence electrons. The molecule has 0 saturated carbocycles. The van der Waals surface area contributed by atoms with Crippen LogP contribution in [-0.4, -0.2) is 23.5 Å². The molecule has 0 unspecified atom stereocenters.